The van der Waals surface area contributed by atoms with Crippen molar-refractivity contribution in [2.45, 2.75) is 25.4 Å². The number of hydrogen-bond acceptors (Lipinski definition) is 4. The van der Waals surface area contributed by atoms with E-state index in [1.807, 2.05) is 43.6 Å². The topological polar surface area (TPSA) is 41.3 Å². The molecule has 1 aromatic carbocycles. The van der Waals surface area contributed by atoms with Gasteiger partial charge in [0.1, 0.15) is 0 Å². The first-order valence-electron chi connectivity index (χ1n) is 7.25. The third kappa shape index (κ3) is 4.71. The monoisotopic (exact) mass is 343 g/mol. The van der Waals surface area contributed by atoms with Gasteiger partial charge in [-0.25, -0.2) is 4.98 Å². The van der Waals surface area contributed by atoms with Crippen LogP contribution in [0.15, 0.2) is 40.9 Å². The van der Waals surface area contributed by atoms with Crippen LogP contribution in [0.25, 0.3) is 11.3 Å². The first kappa shape index (κ1) is 19.0. The molecule has 0 unspecified atom stereocenters. The highest BCUT2D eigenvalue weighted by atomic mass is 35.5. The van der Waals surface area contributed by atoms with Crippen molar-refractivity contribution in [3.8, 4) is 11.3 Å². The van der Waals surface area contributed by atoms with E-state index >= 15 is 0 Å². The highest BCUT2D eigenvalue weighted by Crippen LogP contribution is 2.21. The average molecular weight is 344 g/mol. The number of nitrogens with zero attached hydrogens (tertiary/aromatic N) is 2. The molecule has 0 amide bonds. The average Bonchev–Trinajstić information content (AvgIpc) is 2.97. The zero-order chi connectivity index (χ0) is 13.8. The van der Waals surface area contributed by atoms with Gasteiger partial charge in [0.25, 0.3) is 0 Å². The minimum atomic E-state index is 0. The predicted octanol–water partition coefficient (Wildman–Crippen LogP) is 3.37. The number of hydrogen-bond donors (Lipinski definition) is 1. The van der Waals surface area contributed by atoms with E-state index in [0.717, 1.165) is 36.8 Å². The van der Waals surface area contributed by atoms with E-state index in [-0.39, 0.29) is 24.8 Å². The Morgan fingerprint density at radius 2 is 1.86 bits per heavy atom. The van der Waals surface area contributed by atoms with Crippen LogP contribution < -0.4 is 5.32 Å². The molecule has 0 atom stereocenters. The molecule has 4 nitrogen and oxygen atoms in total. The fourth-order valence-electron chi connectivity index (χ4n) is 2.69. The van der Waals surface area contributed by atoms with Gasteiger partial charge in [-0.15, -0.1) is 24.8 Å². The van der Waals surface area contributed by atoms with Gasteiger partial charge in [0, 0.05) is 24.7 Å². The Kier molecular flexibility index (Phi) is 7.90. The molecule has 0 saturated carbocycles. The van der Waals surface area contributed by atoms with Crippen LogP contribution in [0.5, 0.6) is 0 Å². The van der Waals surface area contributed by atoms with Crippen LogP contribution in [0.1, 0.15) is 18.7 Å². The van der Waals surface area contributed by atoms with Crippen LogP contribution in [0.4, 0.5) is 0 Å². The van der Waals surface area contributed by atoms with Crippen LogP contribution >= 0.6 is 24.8 Å². The Balaban J connectivity index is 0.00000121. The molecule has 1 aliphatic heterocycles. The van der Waals surface area contributed by atoms with Gasteiger partial charge in [-0.3, -0.25) is 4.90 Å². The van der Waals surface area contributed by atoms with Gasteiger partial charge in [-0.05, 0) is 19.9 Å². The number of rotatable bonds is 4. The maximum Gasteiger partial charge on any atom is 0.209 e. The van der Waals surface area contributed by atoms with Crippen molar-refractivity contribution >= 4 is 24.8 Å². The van der Waals surface area contributed by atoms with Gasteiger partial charge in [-0.1, -0.05) is 30.3 Å². The van der Waals surface area contributed by atoms with Crippen molar-refractivity contribution in [3.05, 3.63) is 42.4 Å². The first-order valence-corrected chi connectivity index (χ1v) is 7.25. The van der Waals surface area contributed by atoms with Crippen molar-refractivity contribution in [2.75, 3.05) is 20.1 Å². The minimum absolute atomic E-state index is 0. The van der Waals surface area contributed by atoms with Gasteiger partial charge in [0.2, 0.25) is 5.89 Å². The van der Waals surface area contributed by atoms with E-state index < -0.39 is 0 Å². The van der Waals surface area contributed by atoms with Crippen LogP contribution in [0, 0.1) is 0 Å². The second-order valence-corrected chi connectivity index (χ2v) is 5.32. The molecule has 2 heterocycles. The number of oxazole rings is 1. The predicted molar refractivity (Wildman–Crippen MR) is 93.8 cm³/mol. The SMILES string of the molecule is CNC1CCN(Cc2ncc(-c3ccccc3)o2)CC1.Cl.Cl. The van der Waals surface area contributed by atoms with Gasteiger partial charge in [-0.2, -0.15) is 0 Å². The summed E-state index contributed by atoms with van der Waals surface area (Å²) in [6.45, 7) is 3.02. The third-order valence-corrected chi connectivity index (χ3v) is 3.97. The van der Waals surface area contributed by atoms with Gasteiger partial charge < -0.3 is 9.73 Å². The van der Waals surface area contributed by atoms with Crippen molar-refractivity contribution in [3.63, 3.8) is 0 Å². The molecule has 1 fully saturated rings. The molecule has 0 spiro atoms. The normalized spacial score (nSPS) is 15.9. The smallest absolute Gasteiger partial charge is 0.209 e. The molecule has 0 bridgehead atoms. The van der Waals surface area contributed by atoms with Crippen molar-refractivity contribution in [2.24, 2.45) is 0 Å². The van der Waals surface area contributed by atoms with Gasteiger partial charge >= 0.3 is 0 Å². The fourth-order valence-corrected chi connectivity index (χ4v) is 2.69. The molecule has 2 aromatic rings. The number of aromatic nitrogens is 1. The lowest BCUT2D eigenvalue weighted by molar-refractivity contribution is 0.179. The molecule has 1 aromatic heterocycles. The molecule has 1 saturated heterocycles. The number of likely N-dealkylation sites (tertiary alicyclic amines) is 1. The molecule has 1 N–H and O–H groups in total. The number of nitrogens with one attached hydrogen (secondary N) is 1. The summed E-state index contributed by atoms with van der Waals surface area (Å²) in [6, 6.07) is 10.8. The summed E-state index contributed by atoms with van der Waals surface area (Å²) in [5.41, 5.74) is 1.08. The lowest BCUT2D eigenvalue weighted by Crippen LogP contribution is -2.40. The fraction of sp³-hybridized carbons (Fsp3) is 0.438. The first-order chi connectivity index (χ1) is 9.85. The molecule has 0 aliphatic carbocycles. The Morgan fingerprint density at radius 3 is 2.50 bits per heavy atom. The number of benzene rings is 1. The molecule has 3 rings (SSSR count). The highest BCUT2D eigenvalue weighted by Gasteiger charge is 2.19. The maximum absolute atomic E-state index is 5.86. The van der Waals surface area contributed by atoms with Gasteiger partial charge in [0.05, 0.1) is 12.7 Å². The Hall–Kier alpha value is -1.07. The molecular formula is C16H23Cl2N3O. The molecule has 0 radical (unpaired) electrons. The van der Waals surface area contributed by atoms with Crippen LogP contribution in [0.3, 0.4) is 0 Å². The van der Waals surface area contributed by atoms with E-state index in [2.05, 4.69) is 15.2 Å². The van der Waals surface area contributed by atoms with E-state index in [1.165, 1.54) is 12.8 Å². The second kappa shape index (κ2) is 9.16. The zero-order valence-electron chi connectivity index (χ0n) is 12.7. The summed E-state index contributed by atoms with van der Waals surface area (Å²) < 4.78 is 5.86. The van der Waals surface area contributed by atoms with Crippen molar-refractivity contribution < 1.29 is 4.42 Å². The zero-order valence-corrected chi connectivity index (χ0v) is 14.3. The highest BCUT2D eigenvalue weighted by molar-refractivity contribution is 5.85. The lowest BCUT2D eigenvalue weighted by atomic mass is 10.1. The number of halogens is 2. The summed E-state index contributed by atoms with van der Waals surface area (Å²) in [5.74, 6) is 1.66. The number of piperidine rings is 1. The Morgan fingerprint density at radius 1 is 1.18 bits per heavy atom. The third-order valence-electron chi connectivity index (χ3n) is 3.97. The molecule has 22 heavy (non-hydrogen) atoms. The molecular weight excluding hydrogens is 321 g/mol. The van der Waals surface area contributed by atoms with E-state index in [1.54, 1.807) is 0 Å². The second-order valence-electron chi connectivity index (χ2n) is 5.32. The van der Waals surface area contributed by atoms with E-state index in [4.69, 9.17) is 4.42 Å². The minimum Gasteiger partial charge on any atom is -0.439 e. The van der Waals surface area contributed by atoms with Crippen molar-refractivity contribution in [1.82, 2.24) is 15.2 Å². The summed E-state index contributed by atoms with van der Waals surface area (Å²) >= 11 is 0. The largest absolute Gasteiger partial charge is 0.439 e. The van der Waals surface area contributed by atoms with Crippen LogP contribution in [-0.4, -0.2) is 36.1 Å². The Bertz CT molecular complexity index is 539. The quantitative estimate of drug-likeness (QED) is 0.923. The summed E-state index contributed by atoms with van der Waals surface area (Å²) in [4.78, 5) is 6.81. The molecule has 6 heteroatoms. The molecule has 1 aliphatic rings. The van der Waals surface area contributed by atoms with Crippen molar-refractivity contribution in [1.29, 1.82) is 0 Å². The maximum atomic E-state index is 5.86. The van der Waals surface area contributed by atoms with Gasteiger partial charge in [0.15, 0.2) is 5.76 Å². The summed E-state index contributed by atoms with van der Waals surface area (Å²) in [6.07, 6.45) is 4.22. The van der Waals surface area contributed by atoms with E-state index in [9.17, 15) is 0 Å². The standard InChI is InChI=1S/C16H21N3O.2ClH/c1-17-14-7-9-19(10-8-14)12-16-18-11-15(20-16)13-5-3-2-4-6-13;;/h2-6,11,14,17H,7-10,12H2,1H3;2*1H. The van der Waals surface area contributed by atoms with E-state index in [0.29, 0.717) is 6.04 Å². The Labute approximate surface area is 144 Å². The van der Waals surface area contributed by atoms with Crippen LogP contribution in [-0.2, 0) is 6.54 Å². The summed E-state index contributed by atoms with van der Waals surface area (Å²) in [7, 11) is 2.04. The molecule has 122 valence electrons. The lowest BCUT2D eigenvalue weighted by Gasteiger charge is -2.30. The summed E-state index contributed by atoms with van der Waals surface area (Å²) in [5, 5.41) is 3.35. The van der Waals surface area contributed by atoms with Crippen LogP contribution in [0.2, 0.25) is 0 Å².